The van der Waals surface area contributed by atoms with Gasteiger partial charge < -0.3 is 15.5 Å². The molecule has 0 aliphatic heterocycles. The van der Waals surface area contributed by atoms with Crippen molar-refractivity contribution in [1.29, 1.82) is 0 Å². The van der Waals surface area contributed by atoms with E-state index < -0.39 is 11.7 Å². The molecule has 6 nitrogen and oxygen atoms in total. The summed E-state index contributed by atoms with van der Waals surface area (Å²) in [5.74, 6) is 0.810. The van der Waals surface area contributed by atoms with Crippen molar-refractivity contribution in [1.82, 2.24) is 20.2 Å². The zero-order valence-corrected chi connectivity index (χ0v) is 19.9. The van der Waals surface area contributed by atoms with Gasteiger partial charge in [-0.15, -0.1) is 0 Å². The van der Waals surface area contributed by atoms with Crippen LogP contribution in [-0.4, -0.2) is 52.5 Å². The van der Waals surface area contributed by atoms with Crippen LogP contribution in [0.1, 0.15) is 52.5 Å². The highest BCUT2D eigenvalue weighted by Crippen LogP contribution is 2.34. The van der Waals surface area contributed by atoms with Gasteiger partial charge in [0.15, 0.2) is 0 Å². The van der Waals surface area contributed by atoms with E-state index in [1.165, 1.54) is 12.4 Å². The fourth-order valence-electron chi connectivity index (χ4n) is 4.69. The quantitative estimate of drug-likeness (QED) is 0.620. The number of halogens is 3. The third kappa shape index (κ3) is 6.13. The molecule has 0 radical (unpaired) electrons. The minimum Gasteiger partial charge on any atom is -0.360 e. The molecule has 2 aromatic rings. The van der Waals surface area contributed by atoms with Crippen LogP contribution in [0.3, 0.4) is 0 Å². The molecule has 1 amide bonds. The van der Waals surface area contributed by atoms with E-state index in [9.17, 15) is 18.0 Å². The van der Waals surface area contributed by atoms with Gasteiger partial charge in [0.25, 0.3) is 0 Å². The van der Waals surface area contributed by atoms with Gasteiger partial charge in [0.05, 0.1) is 17.6 Å². The summed E-state index contributed by atoms with van der Waals surface area (Å²) in [5.41, 5.74) is -0.395. The Morgan fingerprint density at radius 1 is 1.18 bits per heavy atom. The summed E-state index contributed by atoms with van der Waals surface area (Å²) >= 11 is 0. The minimum absolute atomic E-state index is 0.0704. The van der Waals surface area contributed by atoms with Crippen molar-refractivity contribution >= 4 is 22.6 Å². The van der Waals surface area contributed by atoms with Gasteiger partial charge in [0.1, 0.15) is 12.1 Å². The lowest BCUT2D eigenvalue weighted by atomic mass is 9.75. The van der Waals surface area contributed by atoms with E-state index in [2.05, 4.69) is 60.2 Å². The molecule has 1 aliphatic rings. The number of carbonyl (C=O) groups excluding carboxylic acids is 1. The zero-order valence-electron chi connectivity index (χ0n) is 19.9. The fourth-order valence-corrected chi connectivity index (χ4v) is 4.69. The summed E-state index contributed by atoms with van der Waals surface area (Å²) in [6, 6.07) is 4.36. The van der Waals surface area contributed by atoms with E-state index in [0.717, 1.165) is 31.4 Å². The summed E-state index contributed by atoms with van der Waals surface area (Å²) in [6.07, 6.45) is -0.236. The molecule has 1 fully saturated rings. The van der Waals surface area contributed by atoms with Gasteiger partial charge in [-0.1, -0.05) is 13.8 Å². The Morgan fingerprint density at radius 3 is 2.55 bits per heavy atom. The van der Waals surface area contributed by atoms with E-state index in [1.807, 2.05) is 0 Å². The fraction of sp³-hybridized carbons (Fsp3) is 0.625. The number of carbonyl (C=O) groups is 1. The number of alkyl halides is 3. The Bertz CT molecular complexity index is 963. The first-order valence-electron chi connectivity index (χ1n) is 11.5. The van der Waals surface area contributed by atoms with Crippen LogP contribution in [0.5, 0.6) is 0 Å². The van der Waals surface area contributed by atoms with Gasteiger partial charge in [-0.25, -0.2) is 9.97 Å². The van der Waals surface area contributed by atoms with E-state index in [1.54, 1.807) is 0 Å². The Morgan fingerprint density at radius 2 is 1.91 bits per heavy atom. The molecule has 3 rings (SSSR count). The van der Waals surface area contributed by atoms with Crippen molar-refractivity contribution in [2.24, 2.45) is 11.8 Å². The molecule has 0 bridgehead atoms. The highest BCUT2D eigenvalue weighted by molar-refractivity contribution is 5.91. The number of aromatic nitrogens is 2. The minimum atomic E-state index is -4.47. The SMILES string of the molecule is CC(C)[C@@H]1C[C@H](N(C)C(C)C)CC[C@@H]1NC(=O)CNc1ncnc2ccc(C(F)(F)F)cc12. The Kier molecular flexibility index (Phi) is 7.82. The number of benzene rings is 1. The van der Waals surface area contributed by atoms with E-state index >= 15 is 0 Å². The molecule has 1 saturated carbocycles. The van der Waals surface area contributed by atoms with Crippen LogP contribution in [0.25, 0.3) is 10.9 Å². The zero-order chi connectivity index (χ0) is 24.3. The van der Waals surface area contributed by atoms with E-state index in [-0.39, 0.29) is 29.7 Å². The molecule has 1 aromatic heterocycles. The molecule has 1 heterocycles. The molecule has 3 atom stereocenters. The smallest absolute Gasteiger partial charge is 0.360 e. The third-order valence-electron chi connectivity index (χ3n) is 6.84. The monoisotopic (exact) mass is 465 g/mol. The molecule has 1 aromatic carbocycles. The summed E-state index contributed by atoms with van der Waals surface area (Å²) in [7, 11) is 2.16. The summed E-state index contributed by atoms with van der Waals surface area (Å²) in [4.78, 5) is 23.2. The average Bonchev–Trinajstić information content (AvgIpc) is 2.76. The van der Waals surface area contributed by atoms with E-state index in [4.69, 9.17) is 0 Å². The first-order chi connectivity index (χ1) is 15.5. The number of hydrogen-bond acceptors (Lipinski definition) is 5. The largest absolute Gasteiger partial charge is 0.416 e. The number of amides is 1. The molecule has 1 aliphatic carbocycles. The van der Waals surface area contributed by atoms with Gasteiger partial charge >= 0.3 is 6.18 Å². The van der Waals surface area contributed by atoms with Crippen molar-refractivity contribution in [2.75, 3.05) is 18.9 Å². The first kappa shape index (κ1) is 25.2. The van der Waals surface area contributed by atoms with Crippen molar-refractivity contribution in [2.45, 2.75) is 71.3 Å². The molecule has 33 heavy (non-hydrogen) atoms. The maximum absolute atomic E-state index is 13.1. The van der Waals surface area contributed by atoms with Crippen LogP contribution >= 0.6 is 0 Å². The van der Waals surface area contributed by atoms with E-state index in [0.29, 0.717) is 29.4 Å². The second-order valence-corrected chi connectivity index (χ2v) is 9.61. The molecule has 0 spiro atoms. The normalized spacial score (nSPS) is 21.7. The average molecular weight is 466 g/mol. The van der Waals surface area contributed by atoms with Crippen LogP contribution in [0.4, 0.5) is 19.0 Å². The molecule has 182 valence electrons. The molecule has 9 heteroatoms. The summed E-state index contributed by atoms with van der Waals surface area (Å²) < 4.78 is 39.4. The lowest BCUT2D eigenvalue weighted by molar-refractivity contribution is -0.137. The number of anilines is 1. The van der Waals surface area contributed by atoms with Crippen LogP contribution in [-0.2, 0) is 11.0 Å². The highest BCUT2D eigenvalue weighted by Gasteiger charge is 2.35. The highest BCUT2D eigenvalue weighted by atomic mass is 19.4. The van der Waals surface area contributed by atoms with Crippen molar-refractivity contribution in [3.63, 3.8) is 0 Å². The van der Waals surface area contributed by atoms with Crippen molar-refractivity contribution in [3.05, 3.63) is 30.1 Å². The van der Waals surface area contributed by atoms with Gasteiger partial charge in [0, 0.05) is 23.5 Å². The first-order valence-corrected chi connectivity index (χ1v) is 11.5. The molecule has 0 saturated heterocycles. The Labute approximate surface area is 193 Å². The molecule has 0 unspecified atom stereocenters. The number of rotatable bonds is 7. The van der Waals surface area contributed by atoms with Crippen LogP contribution in [0, 0.1) is 11.8 Å². The maximum atomic E-state index is 13.1. The molecule has 2 N–H and O–H groups in total. The Balaban J connectivity index is 1.66. The predicted molar refractivity (Wildman–Crippen MR) is 124 cm³/mol. The van der Waals surface area contributed by atoms with Crippen LogP contribution in [0.15, 0.2) is 24.5 Å². The standard InChI is InChI=1S/C24H34F3N5O/c1-14(2)18-11-17(32(5)15(3)4)7-9-21(18)31-22(33)12-28-23-19-10-16(24(25,26)27)6-8-20(19)29-13-30-23/h6,8,10,13-15,17-18,21H,7,9,11-12H2,1-5H3,(H,31,33)(H,28,29,30)/t17-,18+,21+/m1/s1. The topological polar surface area (TPSA) is 70.2 Å². The third-order valence-corrected chi connectivity index (χ3v) is 6.84. The van der Waals surface area contributed by atoms with Crippen LogP contribution in [0.2, 0.25) is 0 Å². The van der Waals surface area contributed by atoms with Crippen molar-refractivity contribution < 1.29 is 18.0 Å². The van der Waals surface area contributed by atoms with Crippen molar-refractivity contribution in [3.8, 4) is 0 Å². The summed E-state index contributed by atoms with van der Waals surface area (Å²) in [5, 5.41) is 6.29. The number of nitrogens with zero attached hydrogens (tertiary/aromatic N) is 3. The van der Waals surface area contributed by atoms with Gasteiger partial charge in [-0.05, 0) is 70.2 Å². The second-order valence-electron chi connectivity index (χ2n) is 9.61. The van der Waals surface area contributed by atoms with Gasteiger partial charge in [-0.2, -0.15) is 13.2 Å². The van der Waals surface area contributed by atoms with Gasteiger partial charge in [-0.3, -0.25) is 4.79 Å². The predicted octanol–water partition coefficient (Wildman–Crippen LogP) is 4.71. The summed E-state index contributed by atoms with van der Waals surface area (Å²) in [6.45, 7) is 8.69. The number of nitrogens with one attached hydrogen (secondary N) is 2. The molecular formula is C24H34F3N5O. The molecular weight excluding hydrogens is 431 g/mol. The number of fused-ring (bicyclic) bond motifs is 1. The Hall–Kier alpha value is -2.42. The lowest BCUT2D eigenvalue weighted by Crippen LogP contribution is -2.51. The lowest BCUT2D eigenvalue weighted by Gasteiger charge is -2.43. The number of hydrogen-bond donors (Lipinski definition) is 2. The van der Waals surface area contributed by atoms with Gasteiger partial charge in [0.2, 0.25) is 5.91 Å². The maximum Gasteiger partial charge on any atom is 0.416 e. The second kappa shape index (κ2) is 10.2. The van der Waals surface area contributed by atoms with Crippen LogP contribution < -0.4 is 10.6 Å².